The van der Waals surface area contributed by atoms with Crippen molar-refractivity contribution in [3.05, 3.63) is 77.0 Å². The first kappa shape index (κ1) is 27.0. The van der Waals surface area contributed by atoms with Gasteiger partial charge in [0.25, 0.3) is 0 Å². The largest absolute Gasteiger partial charge is 0.459 e. The number of allylic oxidation sites excluding steroid dienone is 1. The Balaban J connectivity index is 1.92. The molecule has 192 valence electrons. The minimum absolute atomic E-state index is 0.106. The maximum Gasteiger partial charge on any atom is 0.338 e. The third-order valence-corrected chi connectivity index (χ3v) is 6.31. The lowest BCUT2D eigenvalue weighted by Gasteiger charge is -2.35. The normalized spacial score (nSPS) is 16.6. The van der Waals surface area contributed by atoms with Crippen LogP contribution in [0.4, 0.5) is 10.5 Å². The highest BCUT2D eigenvalue weighted by Gasteiger charge is 2.36. The lowest BCUT2D eigenvalue weighted by atomic mass is 9.93. The summed E-state index contributed by atoms with van der Waals surface area (Å²) in [6.07, 6.45) is 2.11. The van der Waals surface area contributed by atoms with Crippen LogP contribution in [0.15, 0.2) is 65.9 Å². The molecule has 0 fully saturated rings. The summed E-state index contributed by atoms with van der Waals surface area (Å²) in [4.78, 5) is 40.8. The number of hydrogen-bond acceptors (Lipinski definition) is 4. The first-order valence-electron chi connectivity index (χ1n) is 12.7. The van der Waals surface area contributed by atoms with Gasteiger partial charge in [-0.3, -0.25) is 9.69 Å². The van der Waals surface area contributed by atoms with E-state index in [-0.39, 0.29) is 24.0 Å². The van der Waals surface area contributed by atoms with Crippen LogP contribution in [-0.2, 0) is 14.3 Å². The van der Waals surface area contributed by atoms with Crippen molar-refractivity contribution < 1.29 is 19.1 Å². The van der Waals surface area contributed by atoms with Gasteiger partial charge in [0.1, 0.15) is 0 Å². The van der Waals surface area contributed by atoms with Gasteiger partial charge >= 0.3 is 12.0 Å². The van der Waals surface area contributed by atoms with Crippen LogP contribution in [-0.4, -0.2) is 35.5 Å². The molecule has 0 saturated heterocycles. The summed E-state index contributed by atoms with van der Waals surface area (Å²) in [5.74, 6) is -0.848. The lowest BCUT2D eigenvalue weighted by Crippen LogP contribution is -2.48. The molecule has 0 spiro atoms. The fourth-order valence-corrected chi connectivity index (χ4v) is 4.44. The molecule has 0 aromatic heterocycles. The highest BCUT2D eigenvalue weighted by atomic mass is 16.5. The Hall–Kier alpha value is -3.61. The maximum atomic E-state index is 13.1. The average Bonchev–Trinajstić information content (AvgIpc) is 2.84. The van der Waals surface area contributed by atoms with Crippen molar-refractivity contribution in [3.8, 4) is 0 Å². The smallest absolute Gasteiger partial charge is 0.338 e. The Morgan fingerprint density at radius 3 is 2.44 bits per heavy atom. The Bertz CT molecular complexity index is 1110. The second-order valence-corrected chi connectivity index (χ2v) is 9.33. The summed E-state index contributed by atoms with van der Waals surface area (Å²) >= 11 is 0. The minimum Gasteiger partial charge on any atom is -0.459 e. The molecule has 0 saturated carbocycles. The number of hydrogen-bond donors (Lipinski definition) is 2. The van der Waals surface area contributed by atoms with Crippen LogP contribution in [0.1, 0.15) is 77.0 Å². The summed E-state index contributed by atoms with van der Waals surface area (Å²) in [5.41, 5.74) is 3.24. The molecular weight excluding hydrogens is 454 g/mol. The van der Waals surface area contributed by atoms with Gasteiger partial charge in [-0.2, -0.15) is 0 Å². The Labute approximate surface area is 213 Å². The molecule has 1 heterocycles. The first-order valence-corrected chi connectivity index (χ1v) is 12.7. The van der Waals surface area contributed by atoms with Gasteiger partial charge in [-0.05, 0) is 56.9 Å². The molecule has 2 unspecified atom stereocenters. The third kappa shape index (κ3) is 6.33. The predicted octanol–water partition coefficient (Wildman–Crippen LogP) is 5.91. The topological polar surface area (TPSA) is 87.7 Å². The first-order chi connectivity index (χ1) is 17.3. The van der Waals surface area contributed by atoms with Gasteiger partial charge in [-0.1, -0.05) is 62.7 Å². The van der Waals surface area contributed by atoms with Crippen molar-refractivity contribution in [2.75, 3.05) is 11.9 Å². The zero-order chi connectivity index (χ0) is 26.2. The standard InChI is InChI=1S/C29H37N3O4/c1-6-8-17-32-20(5)25(28(34)36-19(3)4)26(31-29(32)35)22-15-12-16-23(18-22)30-27(33)24(7-2)21-13-10-9-11-14-21/h9-16,18-19,24,26H,6-8,17H2,1-5H3,(H,30,33)(H,31,35). The molecule has 36 heavy (non-hydrogen) atoms. The molecule has 2 aromatic carbocycles. The van der Waals surface area contributed by atoms with Crippen molar-refractivity contribution in [3.63, 3.8) is 0 Å². The highest BCUT2D eigenvalue weighted by Crippen LogP contribution is 2.33. The molecule has 7 nitrogen and oxygen atoms in total. The van der Waals surface area contributed by atoms with Gasteiger partial charge < -0.3 is 15.4 Å². The molecule has 2 atom stereocenters. The van der Waals surface area contributed by atoms with Crippen LogP contribution >= 0.6 is 0 Å². The quantitative estimate of drug-likeness (QED) is 0.405. The molecule has 0 bridgehead atoms. The summed E-state index contributed by atoms with van der Waals surface area (Å²) < 4.78 is 5.55. The number of rotatable bonds is 10. The Morgan fingerprint density at radius 2 is 1.81 bits per heavy atom. The van der Waals surface area contributed by atoms with E-state index >= 15 is 0 Å². The molecule has 0 aliphatic carbocycles. The Morgan fingerprint density at radius 1 is 1.08 bits per heavy atom. The maximum absolute atomic E-state index is 13.1. The number of carbonyl (C=O) groups is 3. The van der Waals surface area contributed by atoms with Gasteiger partial charge in [0.05, 0.1) is 23.6 Å². The summed E-state index contributed by atoms with van der Waals surface area (Å²) in [6.45, 7) is 9.94. The summed E-state index contributed by atoms with van der Waals surface area (Å²) in [7, 11) is 0. The van der Waals surface area contributed by atoms with Crippen LogP contribution < -0.4 is 10.6 Å². The fourth-order valence-electron chi connectivity index (χ4n) is 4.44. The second kappa shape index (κ2) is 12.4. The predicted molar refractivity (Wildman–Crippen MR) is 141 cm³/mol. The SMILES string of the molecule is CCCCN1C(=O)NC(c2cccc(NC(=O)C(CC)c3ccccc3)c2)C(C(=O)OC(C)C)=C1C. The Kier molecular flexibility index (Phi) is 9.28. The molecule has 1 aliphatic rings. The van der Waals surface area contributed by atoms with Crippen molar-refractivity contribution in [2.45, 2.75) is 71.9 Å². The van der Waals surface area contributed by atoms with E-state index in [1.807, 2.05) is 49.4 Å². The van der Waals surface area contributed by atoms with E-state index in [9.17, 15) is 14.4 Å². The van der Waals surface area contributed by atoms with E-state index in [1.165, 1.54) is 0 Å². The number of benzene rings is 2. The number of anilines is 1. The zero-order valence-corrected chi connectivity index (χ0v) is 21.8. The number of urea groups is 1. The number of unbranched alkanes of at least 4 members (excludes halogenated alkanes) is 1. The van der Waals surface area contributed by atoms with Crippen LogP contribution in [0, 0.1) is 0 Å². The van der Waals surface area contributed by atoms with Crippen molar-refractivity contribution in [2.24, 2.45) is 0 Å². The molecular formula is C29H37N3O4. The molecule has 2 N–H and O–H groups in total. The van der Waals surface area contributed by atoms with Crippen molar-refractivity contribution >= 4 is 23.6 Å². The van der Waals surface area contributed by atoms with Gasteiger partial charge in [0.15, 0.2) is 0 Å². The van der Waals surface area contributed by atoms with E-state index in [1.54, 1.807) is 37.8 Å². The van der Waals surface area contributed by atoms with Crippen LogP contribution in [0.5, 0.6) is 0 Å². The van der Waals surface area contributed by atoms with Crippen molar-refractivity contribution in [1.82, 2.24) is 10.2 Å². The van der Waals surface area contributed by atoms with E-state index in [2.05, 4.69) is 17.6 Å². The lowest BCUT2D eigenvalue weighted by molar-refractivity contribution is -0.143. The third-order valence-electron chi connectivity index (χ3n) is 6.31. The molecule has 2 aromatic rings. The minimum atomic E-state index is -0.686. The number of ether oxygens (including phenoxy) is 1. The molecule has 1 aliphatic heterocycles. The zero-order valence-electron chi connectivity index (χ0n) is 21.8. The number of nitrogens with one attached hydrogen (secondary N) is 2. The highest BCUT2D eigenvalue weighted by molar-refractivity contribution is 5.97. The molecule has 0 radical (unpaired) electrons. The van der Waals surface area contributed by atoms with Gasteiger partial charge in [0, 0.05) is 17.9 Å². The summed E-state index contributed by atoms with van der Waals surface area (Å²) in [6, 6.07) is 16.0. The second-order valence-electron chi connectivity index (χ2n) is 9.33. The van der Waals surface area contributed by atoms with E-state index in [4.69, 9.17) is 4.74 Å². The van der Waals surface area contributed by atoms with E-state index in [0.717, 1.165) is 18.4 Å². The molecule has 7 heteroatoms. The molecule has 3 amide bonds. The number of amides is 3. The average molecular weight is 492 g/mol. The van der Waals surface area contributed by atoms with E-state index in [0.29, 0.717) is 35.5 Å². The van der Waals surface area contributed by atoms with Gasteiger partial charge in [-0.25, -0.2) is 9.59 Å². The number of nitrogens with zero attached hydrogens (tertiary/aromatic N) is 1. The van der Waals surface area contributed by atoms with Crippen LogP contribution in [0.3, 0.4) is 0 Å². The molecule has 3 rings (SSSR count). The number of carbonyl (C=O) groups excluding carboxylic acids is 3. The van der Waals surface area contributed by atoms with Crippen LogP contribution in [0.2, 0.25) is 0 Å². The van der Waals surface area contributed by atoms with Gasteiger partial charge in [-0.15, -0.1) is 0 Å². The van der Waals surface area contributed by atoms with Gasteiger partial charge in [0.2, 0.25) is 5.91 Å². The monoisotopic (exact) mass is 491 g/mol. The number of esters is 1. The van der Waals surface area contributed by atoms with Crippen LogP contribution in [0.25, 0.3) is 0 Å². The fraction of sp³-hybridized carbons (Fsp3) is 0.414. The van der Waals surface area contributed by atoms with Crippen molar-refractivity contribution in [1.29, 1.82) is 0 Å². The summed E-state index contributed by atoms with van der Waals surface area (Å²) in [5, 5.41) is 5.99. The van der Waals surface area contributed by atoms with E-state index < -0.39 is 12.0 Å².